The topological polar surface area (TPSA) is 81.1 Å². The highest BCUT2D eigenvalue weighted by atomic mass is 35.5. The summed E-state index contributed by atoms with van der Waals surface area (Å²) in [6, 6.07) is 7.45. The Bertz CT molecular complexity index is 1060. The van der Waals surface area contributed by atoms with E-state index < -0.39 is 0 Å². The lowest BCUT2D eigenvalue weighted by molar-refractivity contribution is -0.0246. The Morgan fingerprint density at radius 1 is 1.21 bits per heavy atom. The zero-order valence-corrected chi connectivity index (χ0v) is 16.9. The van der Waals surface area contributed by atoms with Gasteiger partial charge in [0.05, 0.1) is 35.8 Å². The number of rotatable bonds is 3. The number of halogens is 1. The van der Waals surface area contributed by atoms with Crippen LogP contribution in [0, 0.1) is 13.8 Å². The highest BCUT2D eigenvalue weighted by Gasteiger charge is 2.30. The number of ether oxygens (including phenoxy) is 1. The third-order valence-electron chi connectivity index (χ3n) is 4.81. The summed E-state index contributed by atoms with van der Waals surface area (Å²) in [5, 5.41) is 0.621. The summed E-state index contributed by atoms with van der Waals surface area (Å²) >= 11 is 6.15. The van der Waals surface area contributed by atoms with Crippen LogP contribution in [-0.4, -0.2) is 50.4 Å². The molecule has 29 heavy (non-hydrogen) atoms. The molecule has 8 heteroatoms. The first kappa shape index (κ1) is 19.4. The normalized spacial score (nSPS) is 16.7. The first-order chi connectivity index (χ1) is 14.0. The van der Waals surface area contributed by atoms with Crippen molar-refractivity contribution in [2.75, 3.05) is 19.7 Å². The molecule has 1 atom stereocenters. The first-order valence-electron chi connectivity index (χ1n) is 9.31. The van der Waals surface area contributed by atoms with Crippen molar-refractivity contribution in [1.29, 1.82) is 0 Å². The van der Waals surface area contributed by atoms with Gasteiger partial charge >= 0.3 is 0 Å². The second kappa shape index (κ2) is 8.23. The van der Waals surface area contributed by atoms with Crippen LogP contribution in [-0.2, 0) is 4.74 Å². The van der Waals surface area contributed by atoms with Gasteiger partial charge in [-0.3, -0.25) is 14.8 Å². The van der Waals surface area contributed by atoms with Crippen molar-refractivity contribution in [3.8, 4) is 11.3 Å². The van der Waals surface area contributed by atoms with E-state index in [1.807, 2.05) is 31.2 Å². The predicted molar refractivity (Wildman–Crippen MR) is 109 cm³/mol. The average molecular weight is 410 g/mol. The van der Waals surface area contributed by atoms with Crippen molar-refractivity contribution < 1.29 is 9.53 Å². The first-order valence-corrected chi connectivity index (χ1v) is 9.68. The molecule has 3 heterocycles. The fourth-order valence-electron chi connectivity index (χ4n) is 3.41. The molecule has 148 valence electrons. The molecule has 0 unspecified atom stereocenters. The number of carbonyl (C=O) groups is 1. The summed E-state index contributed by atoms with van der Waals surface area (Å²) in [6.45, 7) is 4.90. The number of aromatic nitrogens is 4. The molecule has 0 radical (unpaired) electrons. The fourth-order valence-corrected chi connectivity index (χ4v) is 3.60. The van der Waals surface area contributed by atoms with Gasteiger partial charge in [-0.2, -0.15) is 0 Å². The fraction of sp³-hybridized carbons (Fsp3) is 0.286. The molecular weight excluding hydrogens is 390 g/mol. The highest BCUT2D eigenvalue weighted by Crippen LogP contribution is 2.30. The van der Waals surface area contributed by atoms with E-state index in [9.17, 15) is 4.79 Å². The summed E-state index contributed by atoms with van der Waals surface area (Å²) in [5.41, 5.74) is 3.42. The van der Waals surface area contributed by atoms with Gasteiger partial charge < -0.3 is 9.64 Å². The summed E-state index contributed by atoms with van der Waals surface area (Å²) < 4.78 is 5.96. The number of morpholine rings is 1. The van der Waals surface area contributed by atoms with Gasteiger partial charge in [0, 0.05) is 35.7 Å². The van der Waals surface area contributed by atoms with Crippen LogP contribution in [0.15, 0.2) is 42.9 Å². The van der Waals surface area contributed by atoms with E-state index in [0.717, 1.165) is 5.56 Å². The number of aryl methyl sites for hydroxylation is 2. The molecule has 1 aliphatic heterocycles. The average Bonchev–Trinajstić information content (AvgIpc) is 2.73. The van der Waals surface area contributed by atoms with Crippen LogP contribution in [0.2, 0.25) is 5.02 Å². The third-order valence-corrected chi connectivity index (χ3v) is 5.05. The molecular formula is C21H20ClN5O2. The van der Waals surface area contributed by atoms with Crippen LogP contribution in [0.4, 0.5) is 0 Å². The molecule has 0 spiro atoms. The Hall–Kier alpha value is -2.90. The maximum atomic E-state index is 13.0. The molecule has 1 aliphatic rings. The van der Waals surface area contributed by atoms with E-state index in [0.29, 0.717) is 53.2 Å². The summed E-state index contributed by atoms with van der Waals surface area (Å²) in [6.07, 6.45) is 4.47. The smallest absolute Gasteiger partial charge is 0.257 e. The second-order valence-corrected chi connectivity index (χ2v) is 7.26. The molecule has 0 N–H and O–H groups in total. The number of hydrogen-bond acceptors (Lipinski definition) is 6. The second-order valence-electron chi connectivity index (χ2n) is 6.83. The Labute approximate surface area is 173 Å². The van der Waals surface area contributed by atoms with Crippen molar-refractivity contribution in [2.24, 2.45) is 0 Å². The summed E-state index contributed by atoms with van der Waals surface area (Å²) in [4.78, 5) is 32.3. The van der Waals surface area contributed by atoms with Gasteiger partial charge in [-0.05, 0) is 26.0 Å². The van der Waals surface area contributed by atoms with Crippen molar-refractivity contribution in [1.82, 2.24) is 24.8 Å². The SMILES string of the molecule is Cc1ncc(C(=O)N2CCO[C@@H](c3nccnc3-c3cccc(Cl)c3)C2)c(C)n1. The van der Waals surface area contributed by atoms with Crippen molar-refractivity contribution >= 4 is 17.5 Å². The van der Waals surface area contributed by atoms with Crippen molar-refractivity contribution in [3.05, 3.63) is 70.7 Å². The van der Waals surface area contributed by atoms with E-state index in [4.69, 9.17) is 16.3 Å². The molecule has 7 nitrogen and oxygen atoms in total. The van der Waals surface area contributed by atoms with Crippen LogP contribution in [0.25, 0.3) is 11.3 Å². The summed E-state index contributed by atoms with van der Waals surface area (Å²) in [7, 11) is 0. The molecule has 4 rings (SSSR count). The Morgan fingerprint density at radius 2 is 2.03 bits per heavy atom. The quantitative estimate of drug-likeness (QED) is 0.659. The molecule has 1 amide bonds. The minimum atomic E-state index is -0.387. The predicted octanol–water partition coefficient (Wildman–Crippen LogP) is 3.42. The van der Waals surface area contributed by atoms with E-state index in [1.54, 1.807) is 30.4 Å². The van der Waals surface area contributed by atoms with E-state index >= 15 is 0 Å². The standard InChI is InChI=1S/C21H20ClN5O2/c1-13-17(11-25-14(2)26-13)21(28)27-8-9-29-18(12-27)20-19(23-6-7-24-20)15-4-3-5-16(22)10-15/h3-7,10-11,18H,8-9,12H2,1-2H3/t18-/m1/s1. The van der Waals surface area contributed by atoms with Crippen molar-refractivity contribution in [2.45, 2.75) is 20.0 Å². The molecule has 1 fully saturated rings. The van der Waals surface area contributed by atoms with Gasteiger partial charge in [-0.1, -0.05) is 23.7 Å². The third kappa shape index (κ3) is 4.11. The lowest BCUT2D eigenvalue weighted by Crippen LogP contribution is -2.43. The largest absolute Gasteiger partial charge is 0.368 e. The van der Waals surface area contributed by atoms with Crippen LogP contribution in [0.1, 0.15) is 33.7 Å². The van der Waals surface area contributed by atoms with Gasteiger partial charge in [0.1, 0.15) is 11.9 Å². The molecule has 2 aromatic heterocycles. The van der Waals surface area contributed by atoms with Gasteiger partial charge in [0.25, 0.3) is 5.91 Å². The summed E-state index contributed by atoms with van der Waals surface area (Å²) in [5.74, 6) is 0.536. The zero-order chi connectivity index (χ0) is 20.4. The van der Waals surface area contributed by atoms with Crippen LogP contribution < -0.4 is 0 Å². The van der Waals surface area contributed by atoms with Gasteiger partial charge in [-0.15, -0.1) is 0 Å². The lowest BCUT2D eigenvalue weighted by atomic mass is 10.0. The monoisotopic (exact) mass is 409 g/mol. The molecule has 3 aromatic rings. The number of carbonyl (C=O) groups excluding carboxylic acids is 1. The van der Waals surface area contributed by atoms with Gasteiger partial charge in [0.2, 0.25) is 0 Å². The van der Waals surface area contributed by atoms with Gasteiger partial charge in [0.15, 0.2) is 0 Å². The maximum Gasteiger partial charge on any atom is 0.257 e. The Balaban J connectivity index is 1.62. The van der Waals surface area contributed by atoms with Crippen LogP contribution >= 0.6 is 11.6 Å². The molecule has 0 bridgehead atoms. The molecule has 1 aromatic carbocycles. The minimum absolute atomic E-state index is 0.107. The Kier molecular flexibility index (Phi) is 5.51. The zero-order valence-electron chi connectivity index (χ0n) is 16.2. The van der Waals surface area contributed by atoms with E-state index in [2.05, 4.69) is 19.9 Å². The van der Waals surface area contributed by atoms with E-state index in [-0.39, 0.29) is 12.0 Å². The van der Waals surface area contributed by atoms with Crippen LogP contribution in [0.5, 0.6) is 0 Å². The molecule has 0 saturated carbocycles. The molecule has 0 aliphatic carbocycles. The van der Waals surface area contributed by atoms with Crippen molar-refractivity contribution in [3.63, 3.8) is 0 Å². The van der Waals surface area contributed by atoms with Gasteiger partial charge in [-0.25, -0.2) is 9.97 Å². The van der Waals surface area contributed by atoms with Crippen LogP contribution in [0.3, 0.4) is 0 Å². The number of amides is 1. The number of benzene rings is 1. The maximum absolute atomic E-state index is 13.0. The Morgan fingerprint density at radius 3 is 2.83 bits per heavy atom. The number of hydrogen-bond donors (Lipinski definition) is 0. The highest BCUT2D eigenvalue weighted by molar-refractivity contribution is 6.30. The number of nitrogens with zero attached hydrogens (tertiary/aromatic N) is 5. The molecule has 1 saturated heterocycles. The lowest BCUT2D eigenvalue weighted by Gasteiger charge is -2.33. The van der Waals surface area contributed by atoms with E-state index in [1.165, 1.54) is 0 Å². The minimum Gasteiger partial charge on any atom is -0.368 e.